The van der Waals surface area contributed by atoms with Crippen molar-refractivity contribution in [1.82, 2.24) is 0 Å². The van der Waals surface area contributed by atoms with Gasteiger partial charge in [0.15, 0.2) is 0 Å². The van der Waals surface area contributed by atoms with Crippen LogP contribution >= 0.6 is 23.4 Å². The van der Waals surface area contributed by atoms with E-state index in [9.17, 15) is 19.3 Å². The third-order valence-corrected chi connectivity index (χ3v) is 4.43. The first-order chi connectivity index (χ1) is 11.4. The number of rotatable bonds is 6. The van der Waals surface area contributed by atoms with Crippen LogP contribution in [0.3, 0.4) is 0 Å². The first-order valence-electron chi connectivity index (χ1n) is 6.93. The van der Waals surface area contributed by atoms with Crippen molar-refractivity contribution < 1.29 is 14.1 Å². The summed E-state index contributed by atoms with van der Waals surface area (Å²) in [6.45, 7) is 1.75. The maximum Gasteiger partial charge on any atom is 0.271 e. The molecule has 5 nitrogen and oxygen atoms in total. The topological polar surface area (TPSA) is 72.2 Å². The lowest BCUT2D eigenvalue weighted by molar-refractivity contribution is -0.384. The normalized spacial score (nSPS) is 10.5. The van der Waals surface area contributed by atoms with Crippen LogP contribution in [0.15, 0.2) is 36.4 Å². The minimum Gasteiger partial charge on any atom is -0.325 e. The quantitative estimate of drug-likeness (QED) is 0.599. The van der Waals surface area contributed by atoms with Gasteiger partial charge in [0.05, 0.1) is 16.4 Å². The number of halogens is 2. The van der Waals surface area contributed by atoms with Gasteiger partial charge >= 0.3 is 0 Å². The van der Waals surface area contributed by atoms with E-state index in [1.54, 1.807) is 25.1 Å². The predicted octanol–water partition coefficient (Wildman–Crippen LogP) is 4.57. The van der Waals surface area contributed by atoms with Crippen molar-refractivity contribution in [2.24, 2.45) is 0 Å². The van der Waals surface area contributed by atoms with E-state index in [4.69, 9.17) is 11.6 Å². The van der Waals surface area contributed by atoms with Gasteiger partial charge in [0.1, 0.15) is 5.82 Å². The average molecular weight is 369 g/mol. The first kappa shape index (κ1) is 18.2. The second-order valence-electron chi connectivity index (χ2n) is 5.03. The third-order valence-electron chi connectivity index (χ3n) is 3.21. The van der Waals surface area contributed by atoms with Gasteiger partial charge in [-0.15, -0.1) is 11.8 Å². The minimum absolute atomic E-state index is 0.0909. The van der Waals surface area contributed by atoms with Gasteiger partial charge < -0.3 is 5.32 Å². The number of carbonyl (C=O) groups is 1. The molecule has 0 saturated heterocycles. The highest BCUT2D eigenvalue weighted by atomic mass is 35.5. The molecule has 0 radical (unpaired) electrons. The molecule has 0 aliphatic heterocycles. The molecule has 2 aromatic carbocycles. The van der Waals surface area contributed by atoms with Gasteiger partial charge in [0, 0.05) is 22.9 Å². The van der Waals surface area contributed by atoms with Crippen LogP contribution < -0.4 is 5.32 Å². The smallest absolute Gasteiger partial charge is 0.271 e. The molecule has 2 aromatic rings. The Morgan fingerprint density at radius 1 is 1.33 bits per heavy atom. The van der Waals surface area contributed by atoms with E-state index in [1.807, 2.05) is 0 Å². The van der Waals surface area contributed by atoms with Crippen molar-refractivity contribution in [3.05, 3.63) is 68.5 Å². The van der Waals surface area contributed by atoms with Crippen molar-refractivity contribution in [3.8, 4) is 0 Å². The molecule has 8 heteroatoms. The number of hydrogen-bond donors (Lipinski definition) is 1. The van der Waals surface area contributed by atoms with Crippen LogP contribution in [0.4, 0.5) is 15.8 Å². The van der Waals surface area contributed by atoms with E-state index in [-0.39, 0.29) is 17.3 Å². The molecule has 0 fully saturated rings. The van der Waals surface area contributed by atoms with Crippen LogP contribution in [0.1, 0.15) is 11.1 Å². The zero-order valence-corrected chi connectivity index (χ0v) is 14.3. The monoisotopic (exact) mass is 368 g/mol. The van der Waals surface area contributed by atoms with E-state index in [1.165, 1.54) is 30.0 Å². The maximum atomic E-state index is 13.6. The Morgan fingerprint density at radius 2 is 2.08 bits per heavy atom. The molecular weight excluding hydrogens is 355 g/mol. The molecule has 2 rings (SSSR count). The molecule has 1 amide bonds. The molecule has 0 aromatic heterocycles. The zero-order chi connectivity index (χ0) is 17.7. The minimum atomic E-state index is -0.521. The summed E-state index contributed by atoms with van der Waals surface area (Å²) in [5.74, 6) is -0.294. The molecule has 0 aliphatic rings. The number of non-ortho nitro benzene ring substituents is 1. The molecule has 126 valence electrons. The van der Waals surface area contributed by atoms with E-state index >= 15 is 0 Å². The van der Waals surface area contributed by atoms with Gasteiger partial charge in [-0.3, -0.25) is 14.9 Å². The number of thioether (sulfide) groups is 1. The van der Waals surface area contributed by atoms with E-state index in [0.717, 1.165) is 5.56 Å². The molecule has 0 spiro atoms. The van der Waals surface area contributed by atoms with Crippen LogP contribution in [0.5, 0.6) is 0 Å². The van der Waals surface area contributed by atoms with Gasteiger partial charge in [0.2, 0.25) is 5.91 Å². The van der Waals surface area contributed by atoms with Gasteiger partial charge in [-0.1, -0.05) is 23.7 Å². The molecule has 0 heterocycles. The fourth-order valence-electron chi connectivity index (χ4n) is 1.94. The SMILES string of the molecule is Cc1ccc([N+](=O)[O-])cc1NC(=O)CSCc1ccc(Cl)cc1F. The Balaban J connectivity index is 1.92. The Hall–Kier alpha value is -2.12. The summed E-state index contributed by atoms with van der Waals surface area (Å²) in [6.07, 6.45) is 0. The molecular formula is C16H14ClFN2O3S. The number of hydrogen-bond acceptors (Lipinski definition) is 4. The summed E-state index contributed by atoms with van der Waals surface area (Å²) in [4.78, 5) is 22.2. The molecule has 24 heavy (non-hydrogen) atoms. The standard InChI is InChI=1S/C16H14ClFN2O3S/c1-10-2-5-13(20(22)23)7-15(10)19-16(21)9-24-8-11-3-4-12(17)6-14(11)18/h2-7H,8-9H2,1H3,(H,19,21). The number of anilines is 1. The van der Waals surface area contributed by atoms with E-state index in [0.29, 0.717) is 22.0 Å². The number of carbonyl (C=O) groups excluding carboxylic acids is 1. The third kappa shape index (κ3) is 4.94. The van der Waals surface area contributed by atoms with Crippen LogP contribution in [0.25, 0.3) is 0 Å². The Kier molecular flexibility index (Phi) is 6.16. The summed E-state index contributed by atoms with van der Waals surface area (Å²) >= 11 is 6.92. The molecule has 0 bridgehead atoms. The zero-order valence-electron chi connectivity index (χ0n) is 12.7. The summed E-state index contributed by atoms with van der Waals surface area (Å²) < 4.78 is 13.6. The Morgan fingerprint density at radius 3 is 2.75 bits per heavy atom. The van der Waals surface area contributed by atoms with Crippen LogP contribution in [0, 0.1) is 22.9 Å². The Labute approximate surface area is 147 Å². The fourth-order valence-corrected chi connectivity index (χ4v) is 2.91. The van der Waals surface area contributed by atoms with Crippen LogP contribution in [-0.4, -0.2) is 16.6 Å². The molecule has 1 N–H and O–H groups in total. The second kappa shape index (κ2) is 8.12. The fraction of sp³-hybridized carbons (Fsp3) is 0.188. The predicted molar refractivity (Wildman–Crippen MR) is 94.0 cm³/mol. The lowest BCUT2D eigenvalue weighted by Gasteiger charge is -2.08. The number of nitrogens with zero attached hydrogens (tertiary/aromatic N) is 1. The van der Waals surface area contributed by atoms with Crippen molar-refractivity contribution in [2.75, 3.05) is 11.1 Å². The molecule has 0 saturated carbocycles. The van der Waals surface area contributed by atoms with E-state index < -0.39 is 10.7 Å². The summed E-state index contributed by atoms with van der Waals surface area (Å²) in [5.41, 5.74) is 1.49. The van der Waals surface area contributed by atoms with Gasteiger partial charge in [0.25, 0.3) is 5.69 Å². The van der Waals surface area contributed by atoms with Crippen LogP contribution in [0.2, 0.25) is 5.02 Å². The number of amides is 1. The lowest BCUT2D eigenvalue weighted by atomic mass is 10.2. The summed E-state index contributed by atoms with van der Waals surface area (Å²) in [7, 11) is 0. The molecule has 0 unspecified atom stereocenters. The van der Waals surface area contributed by atoms with Crippen molar-refractivity contribution in [3.63, 3.8) is 0 Å². The first-order valence-corrected chi connectivity index (χ1v) is 8.46. The highest BCUT2D eigenvalue weighted by Gasteiger charge is 2.11. The maximum absolute atomic E-state index is 13.6. The number of nitro benzene ring substituents is 1. The summed E-state index contributed by atoms with van der Waals surface area (Å²) in [5, 5.41) is 13.7. The number of nitro groups is 1. The van der Waals surface area contributed by atoms with E-state index in [2.05, 4.69) is 5.32 Å². The molecule has 0 atom stereocenters. The van der Waals surface area contributed by atoms with Crippen LogP contribution in [-0.2, 0) is 10.5 Å². The van der Waals surface area contributed by atoms with Gasteiger partial charge in [-0.05, 0) is 30.2 Å². The van der Waals surface area contributed by atoms with Gasteiger partial charge in [-0.25, -0.2) is 4.39 Å². The Bertz CT molecular complexity index is 786. The van der Waals surface area contributed by atoms with Crippen molar-refractivity contribution in [2.45, 2.75) is 12.7 Å². The highest BCUT2D eigenvalue weighted by Crippen LogP contribution is 2.23. The number of nitrogens with one attached hydrogen (secondary N) is 1. The lowest BCUT2D eigenvalue weighted by Crippen LogP contribution is -2.15. The summed E-state index contributed by atoms with van der Waals surface area (Å²) in [6, 6.07) is 8.66. The molecule has 0 aliphatic carbocycles. The largest absolute Gasteiger partial charge is 0.325 e. The van der Waals surface area contributed by atoms with Crippen molar-refractivity contribution in [1.29, 1.82) is 0 Å². The highest BCUT2D eigenvalue weighted by molar-refractivity contribution is 7.99. The van der Waals surface area contributed by atoms with Gasteiger partial charge in [-0.2, -0.15) is 0 Å². The average Bonchev–Trinajstić information content (AvgIpc) is 2.51. The second-order valence-corrected chi connectivity index (χ2v) is 6.46. The number of aryl methyl sites for hydroxylation is 1. The van der Waals surface area contributed by atoms with Crippen molar-refractivity contribution >= 4 is 40.6 Å². The number of benzene rings is 2.